The Labute approximate surface area is 56.1 Å². The minimum atomic E-state index is -0.0864. The summed E-state index contributed by atoms with van der Waals surface area (Å²) in [6.07, 6.45) is 0. The van der Waals surface area contributed by atoms with Crippen LogP contribution < -0.4 is 0 Å². The van der Waals surface area contributed by atoms with E-state index in [2.05, 4.69) is 26.4 Å². The van der Waals surface area contributed by atoms with Crippen molar-refractivity contribution in [1.82, 2.24) is 0 Å². The summed E-state index contributed by atoms with van der Waals surface area (Å²) in [5.41, 5.74) is -0.0864. The molecule has 0 rings (SSSR count). The molecule has 3 radical (unpaired) electrons. The highest BCUT2D eigenvalue weighted by atomic mass is 79.9. The Bertz CT molecular complexity index is 49.7. The highest BCUT2D eigenvalue weighted by molar-refractivity contribution is 9.09. The molecule has 0 saturated carbocycles. The van der Waals surface area contributed by atoms with Gasteiger partial charge in [-0.1, -0.05) is 15.9 Å². The molecule has 0 aliphatic carbocycles. The summed E-state index contributed by atoms with van der Waals surface area (Å²) in [5, 5.41) is 0.837. The van der Waals surface area contributed by atoms with Crippen molar-refractivity contribution in [1.29, 1.82) is 0 Å². The first-order valence-corrected chi connectivity index (χ1v) is 3.56. The van der Waals surface area contributed by atoms with Crippen molar-refractivity contribution in [3.63, 3.8) is 0 Å². The predicted molar refractivity (Wildman–Crippen MR) is 34.7 cm³/mol. The molecule has 0 amide bonds. The SMILES string of the molecule is CC(C)(CBr)O[Si]. The molecule has 0 aliphatic rings. The smallest absolute Gasteiger partial charge is 0.247 e. The lowest BCUT2D eigenvalue weighted by atomic mass is 10.2. The normalized spacial score (nSPS) is 12.0. The monoisotopic (exact) mass is 179 g/mol. The molecule has 0 aliphatic heterocycles. The molecule has 0 N–H and O–H groups in total. The molecule has 0 aromatic rings. The zero-order valence-corrected chi connectivity index (χ0v) is 7.08. The van der Waals surface area contributed by atoms with Crippen LogP contribution in [0, 0.1) is 0 Å². The third kappa shape index (κ3) is 3.26. The summed E-state index contributed by atoms with van der Waals surface area (Å²) in [4.78, 5) is 0. The Balaban J connectivity index is 3.36. The van der Waals surface area contributed by atoms with Crippen molar-refractivity contribution >= 4 is 26.4 Å². The van der Waals surface area contributed by atoms with Crippen molar-refractivity contribution in [2.24, 2.45) is 0 Å². The van der Waals surface area contributed by atoms with E-state index in [-0.39, 0.29) is 5.60 Å². The predicted octanol–water partition coefficient (Wildman–Crippen LogP) is 1.26. The van der Waals surface area contributed by atoms with Crippen LogP contribution in [0.1, 0.15) is 13.8 Å². The van der Waals surface area contributed by atoms with Gasteiger partial charge in [-0.2, -0.15) is 0 Å². The Hall–Kier alpha value is 0.657. The van der Waals surface area contributed by atoms with Gasteiger partial charge in [0.1, 0.15) is 0 Å². The largest absolute Gasteiger partial charge is 0.413 e. The molecule has 0 unspecified atom stereocenters. The summed E-state index contributed by atoms with van der Waals surface area (Å²) in [5.74, 6) is 0. The quantitative estimate of drug-likeness (QED) is 0.459. The molecule has 1 nitrogen and oxygen atoms in total. The Kier molecular flexibility index (Phi) is 3.11. The molecule has 7 heavy (non-hydrogen) atoms. The molecule has 0 fully saturated rings. The summed E-state index contributed by atoms with van der Waals surface area (Å²) in [6, 6.07) is 0. The Morgan fingerprint density at radius 3 is 2.14 bits per heavy atom. The van der Waals surface area contributed by atoms with Gasteiger partial charge in [-0.15, -0.1) is 0 Å². The number of halogens is 1. The highest BCUT2D eigenvalue weighted by Crippen LogP contribution is 2.08. The fourth-order valence-corrected chi connectivity index (χ4v) is 0.425. The first-order valence-electron chi connectivity index (χ1n) is 2.03. The van der Waals surface area contributed by atoms with Gasteiger partial charge in [0.05, 0.1) is 5.60 Å². The zero-order chi connectivity index (χ0) is 5.91. The van der Waals surface area contributed by atoms with E-state index in [1.165, 1.54) is 0 Å². The van der Waals surface area contributed by atoms with Crippen LogP contribution in [0.4, 0.5) is 0 Å². The lowest BCUT2D eigenvalue weighted by molar-refractivity contribution is 0.153. The van der Waals surface area contributed by atoms with Gasteiger partial charge in [-0.25, -0.2) is 0 Å². The van der Waals surface area contributed by atoms with Crippen LogP contribution in [0.25, 0.3) is 0 Å². The molecular formula is C4H8BrOSi. The van der Waals surface area contributed by atoms with Crippen LogP contribution in [0.5, 0.6) is 0 Å². The van der Waals surface area contributed by atoms with Gasteiger partial charge in [0.2, 0.25) is 10.5 Å². The van der Waals surface area contributed by atoms with Crippen molar-refractivity contribution < 1.29 is 4.43 Å². The molecule has 0 spiro atoms. The summed E-state index contributed by atoms with van der Waals surface area (Å²) in [7, 11) is 2.95. The molecule has 0 aromatic carbocycles. The van der Waals surface area contributed by atoms with Gasteiger partial charge in [-0.3, -0.25) is 0 Å². The van der Waals surface area contributed by atoms with Crippen LogP contribution in [0.15, 0.2) is 0 Å². The van der Waals surface area contributed by atoms with E-state index in [0.29, 0.717) is 0 Å². The summed E-state index contributed by atoms with van der Waals surface area (Å²) in [6.45, 7) is 3.96. The fourth-order valence-electron chi connectivity index (χ4n) is 0.0273. The molecule has 41 valence electrons. The van der Waals surface area contributed by atoms with Crippen molar-refractivity contribution in [3.8, 4) is 0 Å². The molecular weight excluding hydrogens is 172 g/mol. The van der Waals surface area contributed by atoms with Gasteiger partial charge < -0.3 is 4.43 Å². The van der Waals surface area contributed by atoms with E-state index in [4.69, 9.17) is 4.43 Å². The van der Waals surface area contributed by atoms with Gasteiger partial charge in [-0.05, 0) is 13.8 Å². The first-order chi connectivity index (χ1) is 3.12. The second-order valence-corrected chi connectivity index (χ2v) is 2.76. The average molecular weight is 180 g/mol. The molecule has 0 saturated heterocycles. The summed E-state index contributed by atoms with van der Waals surface area (Å²) >= 11 is 3.27. The number of hydrogen-bond acceptors (Lipinski definition) is 1. The number of alkyl halides is 1. The average Bonchev–Trinajstić information content (AvgIpc) is 1.68. The van der Waals surface area contributed by atoms with Crippen LogP contribution >= 0.6 is 15.9 Å². The highest BCUT2D eigenvalue weighted by Gasteiger charge is 2.11. The Morgan fingerprint density at radius 2 is 2.14 bits per heavy atom. The second kappa shape index (κ2) is 2.84. The number of rotatable bonds is 2. The van der Waals surface area contributed by atoms with E-state index >= 15 is 0 Å². The van der Waals surface area contributed by atoms with Gasteiger partial charge in [0.25, 0.3) is 0 Å². The molecule has 0 atom stereocenters. The summed E-state index contributed by atoms with van der Waals surface area (Å²) < 4.78 is 4.85. The molecule has 3 heteroatoms. The molecule has 0 aromatic heterocycles. The van der Waals surface area contributed by atoms with Gasteiger partial charge >= 0.3 is 0 Å². The minimum absolute atomic E-state index is 0.0864. The van der Waals surface area contributed by atoms with E-state index in [1.54, 1.807) is 0 Å². The van der Waals surface area contributed by atoms with Crippen LogP contribution in [0.2, 0.25) is 0 Å². The Morgan fingerprint density at radius 1 is 1.71 bits per heavy atom. The lowest BCUT2D eigenvalue weighted by Gasteiger charge is -2.18. The molecule has 0 bridgehead atoms. The maximum Gasteiger partial charge on any atom is 0.247 e. The third-order valence-electron chi connectivity index (χ3n) is 0.598. The van der Waals surface area contributed by atoms with Crippen LogP contribution in [-0.4, -0.2) is 21.4 Å². The van der Waals surface area contributed by atoms with E-state index < -0.39 is 0 Å². The first kappa shape index (κ1) is 7.66. The third-order valence-corrected chi connectivity index (χ3v) is 2.50. The maximum absolute atomic E-state index is 4.85. The van der Waals surface area contributed by atoms with Gasteiger partial charge in [0.15, 0.2) is 0 Å². The van der Waals surface area contributed by atoms with Crippen molar-refractivity contribution in [2.45, 2.75) is 19.4 Å². The van der Waals surface area contributed by atoms with E-state index in [1.807, 2.05) is 13.8 Å². The van der Waals surface area contributed by atoms with Crippen LogP contribution in [-0.2, 0) is 4.43 Å². The maximum atomic E-state index is 4.85. The number of hydrogen-bond donors (Lipinski definition) is 0. The standard InChI is InChI=1S/C4H8BrOSi/c1-4(2,3-5)6-7/h3H2,1-2H3. The molecule has 0 heterocycles. The van der Waals surface area contributed by atoms with Crippen molar-refractivity contribution in [2.75, 3.05) is 5.33 Å². The topological polar surface area (TPSA) is 9.23 Å². The van der Waals surface area contributed by atoms with E-state index in [0.717, 1.165) is 5.33 Å². The fraction of sp³-hybridized carbons (Fsp3) is 1.00. The minimum Gasteiger partial charge on any atom is -0.413 e. The zero-order valence-electron chi connectivity index (χ0n) is 4.49. The lowest BCUT2D eigenvalue weighted by Crippen LogP contribution is -2.24. The van der Waals surface area contributed by atoms with Crippen molar-refractivity contribution in [3.05, 3.63) is 0 Å². The van der Waals surface area contributed by atoms with Crippen LogP contribution in [0.3, 0.4) is 0 Å². The van der Waals surface area contributed by atoms with Gasteiger partial charge in [0, 0.05) is 5.33 Å². The second-order valence-electron chi connectivity index (χ2n) is 2.00. The van der Waals surface area contributed by atoms with E-state index in [9.17, 15) is 0 Å².